The fraction of sp³-hybridized carbons (Fsp3) is 0.697. The van der Waals surface area contributed by atoms with Crippen molar-refractivity contribution < 1.29 is 43.2 Å². The maximum absolute atomic E-state index is 13.4. The zero-order valence-electron chi connectivity index (χ0n) is 26.6. The van der Waals surface area contributed by atoms with Crippen LogP contribution < -0.4 is 4.90 Å². The van der Waals surface area contributed by atoms with E-state index in [0.717, 1.165) is 11.3 Å². The molecule has 1 heterocycles. The third-order valence-electron chi connectivity index (χ3n) is 9.87. The molecular formula is C33H45Cl2NO9. The number of carbonyl (C=O) groups is 4. The molecule has 1 aromatic rings. The van der Waals surface area contributed by atoms with Gasteiger partial charge in [-0.25, -0.2) is 0 Å². The molecule has 2 aliphatic carbocycles. The fourth-order valence-corrected chi connectivity index (χ4v) is 8.31. The van der Waals surface area contributed by atoms with Crippen molar-refractivity contribution in [3.63, 3.8) is 0 Å². The Morgan fingerprint density at radius 1 is 1.02 bits per heavy atom. The highest BCUT2D eigenvalue weighted by molar-refractivity contribution is 6.18. The number of benzene rings is 1. The lowest BCUT2D eigenvalue weighted by atomic mass is 9.48. The van der Waals surface area contributed by atoms with Crippen molar-refractivity contribution in [3.8, 4) is 0 Å². The highest BCUT2D eigenvalue weighted by atomic mass is 35.5. The van der Waals surface area contributed by atoms with Crippen LogP contribution in [0.25, 0.3) is 0 Å². The molecule has 10 nitrogen and oxygen atoms in total. The Labute approximate surface area is 275 Å². The normalized spacial score (nSPS) is 33.8. The van der Waals surface area contributed by atoms with Crippen molar-refractivity contribution >= 4 is 52.8 Å². The van der Waals surface area contributed by atoms with Crippen molar-refractivity contribution in [2.24, 2.45) is 23.2 Å². The Morgan fingerprint density at radius 2 is 1.64 bits per heavy atom. The van der Waals surface area contributed by atoms with Gasteiger partial charge in [0, 0.05) is 56.7 Å². The lowest BCUT2D eigenvalue weighted by Crippen LogP contribution is -2.72. The van der Waals surface area contributed by atoms with E-state index in [1.54, 1.807) is 20.8 Å². The molecule has 3 fully saturated rings. The smallest absolute Gasteiger partial charge is 0.309 e. The van der Waals surface area contributed by atoms with Crippen LogP contribution in [0.3, 0.4) is 0 Å². The Hall–Kier alpha value is -2.56. The number of aryl methyl sites for hydroxylation is 1. The Balaban J connectivity index is 1.56. The van der Waals surface area contributed by atoms with E-state index in [0.29, 0.717) is 37.7 Å². The van der Waals surface area contributed by atoms with E-state index in [-0.39, 0.29) is 19.3 Å². The predicted molar refractivity (Wildman–Crippen MR) is 168 cm³/mol. The largest absolute Gasteiger partial charge is 0.462 e. The Bertz CT molecular complexity index is 1240. The number of rotatable bonds is 12. The first-order valence-corrected chi connectivity index (χ1v) is 16.7. The van der Waals surface area contributed by atoms with E-state index in [2.05, 4.69) is 4.90 Å². The summed E-state index contributed by atoms with van der Waals surface area (Å²) in [5, 5.41) is 11.8. The Morgan fingerprint density at radius 3 is 2.22 bits per heavy atom. The summed E-state index contributed by atoms with van der Waals surface area (Å²) in [6, 6.07) is 8.05. The van der Waals surface area contributed by atoms with Gasteiger partial charge in [-0.15, -0.1) is 23.2 Å². The molecular weight excluding hydrogens is 625 g/mol. The number of hydrogen-bond acceptors (Lipinski definition) is 10. The summed E-state index contributed by atoms with van der Waals surface area (Å²) in [6.07, 6.45) is -1.93. The molecule has 0 bridgehead atoms. The lowest BCUT2D eigenvalue weighted by molar-refractivity contribution is -0.283. The standard InChI is InChI=1S/C33H45Cl2NO9/c1-19-26-27(44-25(39)8-6-7-22-9-11-23(12-10-22)36(17-15-34)18-16-35)29-32(4,41)14-13-24(42-20(2)37)33(29,5)30(43-21(3)38)28(26)45-31(19)40/h9-12,19,24,26-30,41H,6-8,13-18H2,1-5H3/t19-,24+,26+,27+,28+,29+,30+,32+,33-/m1/s1. The van der Waals surface area contributed by atoms with Crippen LogP contribution in [-0.2, 0) is 44.5 Å². The number of esters is 4. The van der Waals surface area contributed by atoms with Crippen LogP contribution in [0.4, 0.5) is 5.69 Å². The Kier molecular flexibility index (Phi) is 11.3. The molecule has 4 rings (SSSR count). The zero-order valence-corrected chi connectivity index (χ0v) is 28.1. The van der Waals surface area contributed by atoms with Crippen molar-refractivity contribution in [2.45, 2.75) is 96.7 Å². The van der Waals surface area contributed by atoms with Gasteiger partial charge in [-0.2, -0.15) is 0 Å². The average molecular weight is 671 g/mol. The summed E-state index contributed by atoms with van der Waals surface area (Å²) in [5.74, 6) is -3.32. The molecule has 1 aliphatic heterocycles. The summed E-state index contributed by atoms with van der Waals surface area (Å²) in [4.78, 5) is 53.0. The maximum atomic E-state index is 13.4. The molecule has 1 aromatic carbocycles. The van der Waals surface area contributed by atoms with E-state index < -0.39 is 77.1 Å². The molecule has 1 saturated heterocycles. The van der Waals surface area contributed by atoms with Gasteiger partial charge in [0.05, 0.1) is 22.9 Å². The summed E-state index contributed by atoms with van der Waals surface area (Å²) in [6.45, 7) is 9.01. The average Bonchev–Trinajstić information content (AvgIpc) is 3.26. The summed E-state index contributed by atoms with van der Waals surface area (Å²) in [7, 11) is 0. The van der Waals surface area contributed by atoms with Gasteiger partial charge in [-0.1, -0.05) is 26.0 Å². The molecule has 45 heavy (non-hydrogen) atoms. The summed E-state index contributed by atoms with van der Waals surface area (Å²) in [5.41, 5.74) is -0.540. The quantitative estimate of drug-likeness (QED) is 0.194. The summed E-state index contributed by atoms with van der Waals surface area (Å²) < 4.78 is 23.6. The topological polar surface area (TPSA) is 129 Å². The second-order valence-electron chi connectivity index (χ2n) is 13.0. The second kappa shape index (κ2) is 14.5. The van der Waals surface area contributed by atoms with Crippen LogP contribution in [-0.4, -0.2) is 83.9 Å². The predicted octanol–water partition coefficient (Wildman–Crippen LogP) is 4.43. The first kappa shape index (κ1) is 35.3. The van der Waals surface area contributed by atoms with Gasteiger partial charge in [-0.3, -0.25) is 19.2 Å². The van der Waals surface area contributed by atoms with Crippen molar-refractivity contribution in [3.05, 3.63) is 29.8 Å². The number of aliphatic hydroxyl groups is 1. The van der Waals surface area contributed by atoms with Crippen LogP contribution in [0.1, 0.15) is 65.9 Å². The van der Waals surface area contributed by atoms with Crippen LogP contribution >= 0.6 is 23.2 Å². The van der Waals surface area contributed by atoms with Gasteiger partial charge in [-0.05, 0) is 50.3 Å². The maximum Gasteiger partial charge on any atom is 0.309 e. The van der Waals surface area contributed by atoms with E-state index in [9.17, 15) is 24.3 Å². The zero-order chi connectivity index (χ0) is 33.1. The molecule has 0 radical (unpaired) electrons. The first-order chi connectivity index (χ1) is 21.2. The molecule has 0 aromatic heterocycles. The number of halogens is 2. The number of ether oxygens (including phenoxy) is 4. The fourth-order valence-electron chi connectivity index (χ4n) is 7.90. The van der Waals surface area contributed by atoms with Crippen LogP contribution in [0.15, 0.2) is 24.3 Å². The van der Waals surface area contributed by atoms with Gasteiger partial charge >= 0.3 is 23.9 Å². The molecule has 9 atom stereocenters. The van der Waals surface area contributed by atoms with Gasteiger partial charge < -0.3 is 29.0 Å². The third-order valence-corrected chi connectivity index (χ3v) is 10.2. The minimum Gasteiger partial charge on any atom is -0.462 e. The van der Waals surface area contributed by atoms with Gasteiger partial charge in [0.25, 0.3) is 0 Å². The van der Waals surface area contributed by atoms with Gasteiger partial charge in [0.2, 0.25) is 0 Å². The van der Waals surface area contributed by atoms with E-state index >= 15 is 0 Å². The molecule has 250 valence electrons. The number of alkyl halides is 2. The molecule has 1 N–H and O–H groups in total. The number of fused-ring (bicyclic) bond motifs is 2. The number of hydrogen-bond donors (Lipinski definition) is 1. The lowest BCUT2D eigenvalue weighted by Gasteiger charge is -2.61. The summed E-state index contributed by atoms with van der Waals surface area (Å²) >= 11 is 11.9. The van der Waals surface area contributed by atoms with Crippen molar-refractivity contribution in [2.75, 3.05) is 29.7 Å². The monoisotopic (exact) mass is 669 g/mol. The molecule has 0 spiro atoms. The SMILES string of the molecule is CC(=O)O[C@H]1CC[C@](C)(O)[C@@H]2[C@@H](OC(=O)CCCc3ccc(N(CCCl)CCCl)cc3)[C@H]3[C@H](OC(=O)[C@@H]3C)[C@H](OC(C)=O)[C@]12C. The van der Waals surface area contributed by atoms with Gasteiger partial charge in [0.1, 0.15) is 24.4 Å². The number of carbonyl (C=O) groups excluding carboxylic acids is 4. The first-order valence-electron chi connectivity index (χ1n) is 15.7. The molecule has 3 aliphatic rings. The number of anilines is 1. The van der Waals surface area contributed by atoms with Crippen LogP contribution in [0.2, 0.25) is 0 Å². The van der Waals surface area contributed by atoms with Crippen molar-refractivity contribution in [1.82, 2.24) is 0 Å². The highest BCUT2D eigenvalue weighted by Crippen LogP contribution is 2.61. The van der Waals surface area contributed by atoms with Crippen LogP contribution in [0, 0.1) is 23.2 Å². The third kappa shape index (κ3) is 7.38. The minimum atomic E-state index is -1.40. The number of nitrogens with zero attached hydrogens (tertiary/aromatic N) is 1. The molecule has 0 amide bonds. The van der Waals surface area contributed by atoms with Gasteiger partial charge in [0.15, 0.2) is 0 Å². The van der Waals surface area contributed by atoms with Crippen molar-refractivity contribution in [1.29, 1.82) is 0 Å². The molecule has 0 unspecified atom stereocenters. The highest BCUT2D eigenvalue weighted by Gasteiger charge is 2.73. The second-order valence-corrected chi connectivity index (χ2v) is 13.7. The van der Waals surface area contributed by atoms with Crippen LogP contribution in [0.5, 0.6) is 0 Å². The van der Waals surface area contributed by atoms with E-state index in [4.69, 9.17) is 42.1 Å². The molecule has 2 saturated carbocycles. The minimum absolute atomic E-state index is 0.107. The molecule has 12 heteroatoms. The van der Waals surface area contributed by atoms with E-state index in [1.807, 2.05) is 24.3 Å². The van der Waals surface area contributed by atoms with E-state index in [1.165, 1.54) is 13.8 Å².